The molecule has 6 heteroatoms. The summed E-state index contributed by atoms with van der Waals surface area (Å²) in [4.78, 5) is 34.7. The summed E-state index contributed by atoms with van der Waals surface area (Å²) in [7, 11) is 0. The van der Waals surface area contributed by atoms with Crippen molar-refractivity contribution in [2.45, 2.75) is 6.92 Å². The zero-order valence-corrected chi connectivity index (χ0v) is 14.4. The largest absolute Gasteiger partial charge is 0.450 e. The van der Waals surface area contributed by atoms with Gasteiger partial charge in [-0.25, -0.2) is 0 Å². The number of ketones is 2. The van der Waals surface area contributed by atoms with Gasteiger partial charge in [0.15, 0.2) is 11.6 Å². The van der Waals surface area contributed by atoms with Crippen LogP contribution >= 0.6 is 0 Å². The number of carbonyl (C=O) groups is 2. The van der Waals surface area contributed by atoms with Crippen LogP contribution in [-0.4, -0.2) is 16.5 Å². The molecule has 0 amide bonds. The third-order valence-corrected chi connectivity index (χ3v) is 3.94. The molecule has 0 saturated heterocycles. The maximum atomic E-state index is 12.5. The van der Waals surface area contributed by atoms with Crippen LogP contribution in [-0.2, 0) is 0 Å². The second kappa shape index (κ2) is 7.61. The minimum absolute atomic E-state index is 0.0141. The standard InChI is InChI=1S/C21H15NO5/c1-14(23)15-7-10-18(11-8-15)27-20-12-9-17(13-19(20)22(25)26)21(24)16-5-3-2-4-6-16/h2-13H,1H3. The lowest BCUT2D eigenvalue weighted by Crippen LogP contribution is -2.03. The van der Waals surface area contributed by atoms with E-state index in [-0.39, 0.29) is 28.6 Å². The summed E-state index contributed by atoms with van der Waals surface area (Å²) in [6.45, 7) is 1.45. The topological polar surface area (TPSA) is 86.5 Å². The van der Waals surface area contributed by atoms with Crippen molar-refractivity contribution in [1.29, 1.82) is 0 Å². The predicted molar refractivity (Wildman–Crippen MR) is 99.5 cm³/mol. The van der Waals surface area contributed by atoms with Crippen molar-refractivity contribution in [3.63, 3.8) is 0 Å². The van der Waals surface area contributed by atoms with Gasteiger partial charge in [-0.2, -0.15) is 0 Å². The van der Waals surface area contributed by atoms with E-state index in [2.05, 4.69) is 0 Å². The number of carbonyl (C=O) groups excluding carboxylic acids is 2. The number of benzene rings is 3. The normalized spacial score (nSPS) is 10.3. The van der Waals surface area contributed by atoms with E-state index >= 15 is 0 Å². The van der Waals surface area contributed by atoms with E-state index in [1.807, 2.05) is 0 Å². The first-order valence-corrected chi connectivity index (χ1v) is 8.13. The summed E-state index contributed by atoms with van der Waals surface area (Å²) in [6, 6.07) is 18.9. The van der Waals surface area contributed by atoms with Gasteiger partial charge in [0.05, 0.1) is 4.92 Å². The molecule has 0 unspecified atom stereocenters. The van der Waals surface area contributed by atoms with Gasteiger partial charge in [0.2, 0.25) is 5.75 Å². The highest BCUT2D eigenvalue weighted by atomic mass is 16.6. The maximum Gasteiger partial charge on any atom is 0.312 e. The average Bonchev–Trinajstić information content (AvgIpc) is 2.68. The second-order valence-electron chi connectivity index (χ2n) is 5.82. The Kier molecular flexibility index (Phi) is 5.08. The number of rotatable bonds is 6. The molecule has 0 fully saturated rings. The van der Waals surface area contributed by atoms with E-state index in [1.165, 1.54) is 25.1 Å². The fourth-order valence-electron chi connectivity index (χ4n) is 2.53. The van der Waals surface area contributed by atoms with Gasteiger partial charge in [0.1, 0.15) is 5.75 Å². The third kappa shape index (κ3) is 4.07. The minimum Gasteiger partial charge on any atom is -0.450 e. The predicted octanol–water partition coefficient (Wildman–Crippen LogP) is 4.82. The Hall–Kier alpha value is -3.80. The highest BCUT2D eigenvalue weighted by Crippen LogP contribution is 2.33. The molecule has 0 heterocycles. The van der Waals surface area contributed by atoms with Gasteiger partial charge in [0, 0.05) is 22.8 Å². The maximum absolute atomic E-state index is 12.5. The van der Waals surface area contributed by atoms with Gasteiger partial charge >= 0.3 is 5.69 Å². The molecule has 0 aliphatic rings. The molecule has 0 aliphatic carbocycles. The number of hydrogen-bond acceptors (Lipinski definition) is 5. The van der Waals surface area contributed by atoms with Crippen molar-refractivity contribution >= 4 is 17.3 Å². The molecular weight excluding hydrogens is 346 g/mol. The van der Waals surface area contributed by atoms with Gasteiger partial charge < -0.3 is 4.74 Å². The highest BCUT2D eigenvalue weighted by Gasteiger charge is 2.20. The lowest BCUT2D eigenvalue weighted by atomic mass is 10.0. The second-order valence-corrected chi connectivity index (χ2v) is 5.82. The summed E-state index contributed by atoms with van der Waals surface area (Å²) < 4.78 is 5.58. The van der Waals surface area contributed by atoms with Gasteiger partial charge in [-0.15, -0.1) is 0 Å². The van der Waals surface area contributed by atoms with Gasteiger partial charge in [0.25, 0.3) is 0 Å². The molecule has 3 aromatic rings. The van der Waals surface area contributed by atoms with Crippen LogP contribution in [0.4, 0.5) is 5.69 Å². The molecular formula is C21H15NO5. The molecule has 0 spiro atoms. The summed E-state index contributed by atoms with van der Waals surface area (Å²) in [5.74, 6) is -0.0298. The Labute approximate surface area is 155 Å². The minimum atomic E-state index is -0.596. The van der Waals surface area contributed by atoms with E-state index in [4.69, 9.17) is 4.74 Å². The van der Waals surface area contributed by atoms with E-state index in [1.54, 1.807) is 54.6 Å². The van der Waals surface area contributed by atoms with Crippen LogP contribution in [0.3, 0.4) is 0 Å². The van der Waals surface area contributed by atoms with Crippen molar-refractivity contribution in [3.05, 3.63) is 99.6 Å². The van der Waals surface area contributed by atoms with Gasteiger partial charge in [-0.05, 0) is 43.3 Å². The van der Waals surface area contributed by atoms with Gasteiger partial charge in [-0.3, -0.25) is 19.7 Å². The highest BCUT2D eigenvalue weighted by molar-refractivity contribution is 6.09. The Morgan fingerprint density at radius 3 is 2.07 bits per heavy atom. The Morgan fingerprint density at radius 1 is 0.852 bits per heavy atom. The molecule has 0 radical (unpaired) electrons. The Bertz CT molecular complexity index is 1010. The van der Waals surface area contributed by atoms with E-state index in [0.29, 0.717) is 16.9 Å². The number of ether oxygens (including phenoxy) is 1. The fourth-order valence-corrected chi connectivity index (χ4v) is 2.53. The van der Waals surface area contributed by atoms with Crippen LogP contribution in [0.25, 0.3) is 0 Å². The van der Waals surface area contributed by atoms with Crippen molar-refractivity contribution < 1.29 is 19.2 Å². The van der Waals surface area contributed by atoms with Crippen molar-refractivity contribution in [3.8, 4) is 11.5 Å². The first kappa shape index (κ1) is 18.0. The van der Waals surface area contributed by atoms with Crippen molar-refractivity contribution in [2.75, 3.05) is 0 Å². The molecule has 134 valence electrons. The molecule has 0 aliphatic heterocycles. The lowest BCUT2D eigenvalue weighted by molar-refractivity contribution is -0.385. The number of Topliss-reactive ketones (excluding diaryl/α,β-unsaturated/α-hetero) is 1. The van der Waals surface area contributed by atoms with Gasteiger partial charge in [-0.1, -0.05) is 30.3 Å². The van der Waals surface area contributed by atoms with Crippen molar-refractivity contribution in [1.82, 2.24) is 0 Å². The molecule has 27 heavy (non-hydrogen) atoms. The Morgan fingerprint density at radius 2 is 1.48 bits per heavy atom. The van der Waals surface area contributed by atoms with Crippen LogP contribution in [0.5, 0.6) is 11.5 Å². The molecule has 3 rings (SSSR count). The Balaban J connectivity index is 1.91. The first-order chi connectivity index (χ1) is 13.0. The summed E-state index contributed by atoms with van der Waals surface area (Å²) in [5, 5.41) is 11.4. The smallest absolute Gasteiger partial charge is 0.312 e. The summed E-state index contributed by atoms with van der Waals surface area (Å²) in [5.41, 5.74) is 0.848. The fraction of sp³-hybridized carbons (Fsp3) is 0.0476. The van der Waals surface area contributed by atoms with Crippen LogP contribution in [0.2, 0.25) is 0 Å². The lowest BCUT2D eigenvalue weighted by Gasteiger charge is -2.08. The molecule has 0 saturated carbocycles. The summed E-state index contributed by atoms with van der Waals surface area (Å²) >= 11 is 0. The molecule has 0 aromatic heterocycles. The third-order valence-electron chi connectivity index (χ3n) is 3.94. The first-order valence-electron chi connectivity index (χ1n) is 8.13. The average molecular weight is 361 g/mol. The molecule has 0 atom stereocenters. The molecule has 0 bridgehead atoms. The van der Waals surface area contributed by atoms with Crippen LogP contribution in [0, 0.1) is 10.1 Å². The summed E-state index contributed by atoms with van der Waals surface area (Å²) in [6.07, 6.45) is 0. The van der Waals surface area contributed by atoms with Crippen molar-refractivity contribution in [2.24, 2.45) is 0 Å². The number of hydrogen-bond donors (Lipinski definition) is 0. The van der Waals surface area contributed by atoms with E-state index in [0.717, 1.165) is 0 Å². The number of nitro benzene ring substituents is 1. The van der Waals surface area contributed by atoms with Crippen LogP contribution in [0.15, 0.2) is 72.8 Å². The number of nitro groups is 1. The van der Waals surface area contributed by atoms with E-state index < -0.39 is 4.92 Å². The zero-order valence-electron chi connectivity index (χ0n) is 14.4. The molecule has 3 aromatic carbocycles. The zero-order chi connectivity index (χ0) is 19.4. The SMILES string of the molecule is CC(=O)c1ccc(Oc2ccc(C(=O)c3ccccc3)cc2[N+](=O)[O-])cc1. The molecule has 6 nitrogen and oxygen atoms in total. The quantitative estimate of drug-likeness (QED) is 0.357. The van der Waals surface area contributed by atoms with E-state index in [9.17, 15) is 19.7 Å². The van der Waals surface area contributed by atoms with Crippen LogP contribution < -0.4 is 4.74 Å². The number of nitrogens with zero attached hydrogens (tertiary/aromatic N) is 1. The monoisotopic (exact) mass is 361 g/mol. The molecule has 0 N–H and O–H groups in total. The van der Waals surface area contributed by atoms with Crippen LogP contribution in [0.1, 0.15) is 33.2 Å².